The van der Waals surface area contributed by atoms with Crippen LogP contribution in [-0.4, -0.2) is 33.0 Å². The van der Waals surface area contributed by atoms with Crippen LogP contribution >= 0.6 is 0 Å². The molecule has 0 bridgehead atoms. The van der Waals surface area contributed by atoms with Crippen molar-refractivity contribution in [3.05, 3.63) is 35.4 Å². The Hall–Kier alpha value is -1.66. The van der Waals surface area contributed by atoms with E-state index in [1.807, 2.05) is 19.2 Å². The fourth-order valence-corrected chi connectivity index (χ4v) is 2.33. The summed E-state index contributed by atoms with van der Waals surface area (Å²) < 4.78 is 5.75. The van der Waals surface area contributed by atoms with Crippen LogP contribution in [0.3, 0.4) is 0 Å². The van der Waals surface area contributed by atoms with Crippen molar-refractivity contribution in [2.24, 2.45) is 0 Å². The van der Waals surface area contributed by atoms with Crippen LogP contribution in [0.1, 0.15) is 29.5 Å². The summed E-state index contributed by atoms with van der Waals surface area (Å²) in [6.07, 6.45) is 4.71. The lowest BCUT2D eigenvalue weighted by molar-refractivity contribution is 0.0950. The van der Waals surface area contributed by atoms with Gasteiger partial charge in [0, 0.05) is 36.6 Å². The highest BCUT2D eigenvalue weighted by Crippen LogP contribution is 2.27. The molecular weight excluding hydrogens is 230 g/mol. The third-order valence-corrected chi connectivity index (χ3v) is 3.41. The molecule has 3 N–H and O–H groups in total. The summed E-state index contributed by atoms with van der Waals surface area (Å²) in [5, 5.41) is 17.5. The maximum absolute atomic E-state index is 5.75. The minimum atomic E-state index is 0.0692. The third-order valence-electron chi connectivity index (χ3n) is 3.41. The van der Waals surface area contributed by atoms with Crippen molar-refractivity contribution in [2.45, 2.75) is 32.0 Å². The Balaban J connectivity index is 1.64. The molecule has 0 radical (unpaired) electrons. The molecule has 0 aromatic carbocycles. The van der Waals surface area contributed by atoms with Crippen LogP contribution in [-0.2, 0) is 11.3 Å². The molecule has 1 saturated heterocycles. The van der Waals surface area contributed by atoms with Crippen molar-refractivity contribution in [3.63, 3.8) is 0 Å². The first-order valence-electron chi connectivity index (χ1n) is 6.17. The minimum absolute atomic E-state index is 0.0692. The first kappa shape index (κ1) is 11.4. The summed E-state index contributed by atoms with van der Waals surface area (Å²) in [5.41, 5.74) is 3.35. The van der Waals surface area contributed by atoms with Crippen molar-refractivity contribution in [3.8, 4) is 0 Å². The zero-order valence-corrected chi connectivity index (χ0v) is 10.3. The SMILES string of the molecule is Cc1[nH]ncc1CN[C@H]1CCO[C@@H]1c1ccn[nH]1. The molecule has 2 aromatic rings. The smallest absolute Gasteiger partial charge is 0.114 e. The first-order chi connectivity index (χ1) is 8.84. The number of rotatable bonds is 4. The molecule has 2 aromatic heterocycles. The third kappa shape index (κ3) is 2.16. The second-order valence-electron chi connectivity index (χ2n) is 4.60. The van der Waals surface area contributed by atoms with Crippen LogP contribution in [0.2, 0.25) is 0 Å². The van der Waals surface area contributed by atoms with Gasteiger partial charge >= 0.3 is 0 Å². The molecule has 3 rings (SSSR count). The van der Waals surface area contributed by atoms with Crippen LogP contribution < -0.4 is 5.32 Å². The van der Waals surface area contributed by atoms with Gasteiger partial charge in [0.1, 0.15) is 6.10 Å². The van der Waals surface area contributed by atoms with Gasteiger partial charge < -0.3 is 10.1 Å². The molecular formula is C12H17N5O. The highest BCUT2D eigenvalue weighted by Gasteiger charge is 2.30. The number of aromatic nitrogens is 4. The van der Waals surface area contributed by atoms with Gasteiger partial charge in [-0.2, -0.15) is 10.2 Å². The van der Waals surface area contributed by atoms with Crippen LogP contribution in [0, 0.1) is 6.92 Å². The summed E-state index contributed by atoms with van der Waals surface area (Å²) in [6.45, 7) is 3.62. The minimum Gasteiger partial charge on any atom is -0.370 e. The van der Waals surface area contributed by atoms with Gasteiger partial charge in [-0.25, -0.2) is 0 Å². The highest BCUT2D eigenvalue weighted by atomic mass is 16.5. The Morgan fingerprint density at radius 1 is 1.44 bits per heavy atom. The Morgan fingerprint density at radius 2 is 2.39 bits per heavy atom. The van der Waals surface area contributed by atoms with E-state index in [0.717, 1.165) is 31.0 Å². The van der Waals surface area contributed by atoms with E-state index in [0.29, 0.717) is 6.04 Å². The van der Waals surface area contributed by atoms with E-state index in [-0.39, 0.29) is 6.10 Å². The quantitative estimate of drug-likeness (QED) is 0.755. The molecule has 0 saturated carbocycles. The van der Waals surface area contributed by atoms with E-state index in [9.17, 15) is 0 Å². The number of nitrogens with zero attached hydrogens (tertiary/aromatic N) is 2. The van der Waals surface area contributed by atoms with Crippen molar-refractivity contribution in [2.75, 3.05) is 6.61 Å². The second-order valence-corrected chi connectivity index (χ2v) is 4.60. The molecule has 6 heteroatoms. The molecule has 3 heterocycles. The van der Waals surface area contributed by atoms with Crippen molar-refractivity contribution in [1.82, 2.24) is 25.7 Å². The maximum Gasteiger partial charge on any atom is 0.114 e. The van der Waals surface area contributed by atoms with E-state index < -0.39 is 0 Å². The van der Waals surface area contributed by atoms with Gasteiger partial charge in [0.05, 0.1) is 11.9 Å². The van der Waals surface area contributed by atoms with Crippen LogP contribution in [0.5, 0.6) is 0 Å². The van der Waals surface area contributed by atoms with Gasteiger partial charge in [-0.05, 0) is 19.4 Å². The van der Waals surface area contributed by atoms with Crippen LogP contribution in [0.25, 0.3) is 0 Å². The number of aromatic amines is 2. The predicted molar refractivity (Wildman–Crippen MR) is 65.9 cm³/mol. The summed E-state index contributed by atoms with van der Waals surface area (Å²) in [4.78, 5) is 0. The van der Waals surface area contributed by atoms with Gasteiger partial charge in [0.2, 0.25) is 0 Å². The summed E-state index contributed by atoms with van der Waals surface area (Å²) >= 11 is 0. The van der Waals surface area contributed by atoms with Gasteiger partial charge in [0.25, 0.3) is 0 Å². The standard InChI is InChI=1S/C12H17N5O/c1-8-9(7-15-16-8)6-13-10-3-5-18-12(10)11-2-4-14-17-11/h2,4,7,10,12-13H,3,5-6H2,1H3,(H,14,17)(H,15,16)/t10-,12-/m0/s1. The van der Waals surface area contributed by atoms with Gasteiger partial charge in [-0.1, -0.05) is 0 Å². The molecule has 1 aliphatic rings. The lowest BCUT2D eigenvalue weighted by atomic mass is 10.1. The number of nitrogens with one attached hydrogen (secondary N) is 3. The largest absolute Gasteiger partial charge is 0.370 e. The van der Waals surface area contributed by atoms with E-state index >= 15 is 0 Å². The van der Waals surface area contributed by atoms with Crippen molar-refractivity contribution < 1.29 is 4.74 Å². The Bertz CT molecular complexity index is 492. The average Bonchev–Trinajstić information content (AvgIpc) is 3.07. The van der Waals surface area contributed by atoms with Gasteiger partial charge in [-0.15, -0.1) is 0 Å². The molecule has 1 fully saturated rings. The molecule has 0 amide bonds. The average molecular weight is 247 g/mol. The fraction of sp³-hybridized carbons (Fsp3) is 0.500. The number of ether oxygens (including phenoxy) is 1. The molecule has 96 valence electrons. The summed E-state index contributed by atoms with van der Waals surface area (Å²) in [7, 11) is 0. The van der Waals surface area contributed by atoms with E-state index in [1.54, 1.807) is 6.20 Å². The number of hydrogen-bond donors (Lipinski definition) is 3. The highest BCUT2D eigenvalue weighted by molar-refractivity contribution is 5.15. The molecule has 18 heavy (non-hydrogen) atoms. The van der Waals surface area contributed by atoms with E-state index in [1.165, 1.54) is 5.56 Å². The maximum atomic E-state index is 5.75. The zero-order chi connectivity index (χ0) is 12.4. The lowest BCUT2D eigenvalue weighted by Crippen LogP contribution is -2.31. The van der Waals surface area contributed by atoms with E-state index in [2.05, 4.69) is 25.7 Å². The second kappa shape index (κ2) is 4.91. The molecule has 6 nitrogen and oxygen atoms in total. The first-order valence-corrected chi connectivity index (χ1v) is 6.17. The molecule has 0 spiro atoms. The Kier molecular flexibility index (Phi) is 3.12. The van der Waals surface area contributed by atoms with Crippen LogP contribution in [0.15, 0.2) is 18.5 Å². The summed E-state index contributed by atoms with van der Waals surface area (Å²) in [5.74, 6) is 0. The van der Waals surface area contributed by atoms with Crippen LogP contribution in [0.4, 0.5) is 0 Å². The zero-order valence-electron chi connectivity index (χ0n) is 10.3. The number of aryl methyl sites for hydroxylation is 1. The van der Waals surface area contributed by atoms with E-state index in [4.69, 9.17) is 4.74 Å². The molecule has 0 aliphatic carbocycles. The fourth-order valence-electron chi connectivity index (χ4n) is 2.33. The van der Waals surface area contributed by atoms with Crippen molar-refractivity contribution >= 4 is 0 Å². The Labute approximate surface area is 105 Å². The summed E-state index contributed by atoms with van der Waals surface area (Å²) in [6, 6.07) is 2.29. The molecule has 1 aliphatic heterocycles. The number of H-pyrrole nitrogens is 2. The van der Waals surface area contributed by atoms with Gasteiger partial charge in [0.15, 0.2) is 0 Å². The van der Waals surface area contributed by atoms with Crippen molar-refractivity contribution in [1.29, 1.82) is 0 Å². The normalized spacial score (nSPS) is 23.6. The predicted octanol–water partition coefficient (Wildman–Crippen LogP) is 1.06. The molecule has 0 unspecified atom stereocenters. The molecule has 2 atom stereocenters. The topological polar surface area (TPSA) is 78.6 Å². The Morgan fingerprint density at radius 3 is 3.11 bits per heavy atom. The lowest BCUT2D eigenvalue weighted by Gasteiger charge is -2.18. The van der Waals surface area contributed by atoms with Gasteiger partial charge in [-0.3, -0.25) is 10.2 Å². The number of hydrogen-bond acceptors (Lipinski definition) is 4. The monoisotopic (exact) mass is 247 g/mol.